The molecule has 0 bridgehead atoms. The summed E-state index contributed by atoms with van der Waals surface area (Å²) in [6.45, 7) is 2.53. The Morgan fingerprint density at radius 3 is 2.63 bits per heavy atom. The van der Waals surface area contributed by atoms with Crippen molar-refractivity contribution in [1.82, 2.24) is 4.98 Å². The second-order valence-electron chi connectivity index (χ2n) is 4.16. The van der Waals surface area contributed by atoms with Crippen LogP contribution in [0.15, 0.2) is 42.6 Å². The van der Waals surface area contributed by atoms with Gasteiger partial charge in [-0.1, -0.05) is 37.3 Å². The van der Waals surface area contributed by atoms with E-state index in [1.807, 2.05) is 24.3 Å². The van der Waals surface area contributed by atoms with Crippen LogP contribution in [-0.4, -0.2) is 9.97 Å². The molecule has 0 aliphatic carbocycles. The van der Waals surface area contributed by atoms with E-state index in [-0.39, 0.29) is 0 Å². The molecule has 19 heavy (non-hydrogen) atoms. The van der Waals surface area contributed by atoms with Crippen molar-refractivity contribution in [2.45, 2.75) is 20.0 Å². The van der Waals surface area contributed by atoms with Gasteiger partial charge in [0, 0.05) is 11.8 Å². The first-order valence-electron chi connectivity index (χ1n) is 6.16. The van der Waals surface area contributed by atoms with Crippen LogP contribution in [0.25, 0.3) is 0 Å². The number of aromatic nitrogens is 1. The number of thiocarbonyl (C=S) groups is 1. The van der Waals surface area contributed by atoms with Crippen LogP contribution in [0.4, 0.5) is 0 Å². The molecule has 0 saturated heterocycles. The first-order chi connectivity index (χ1) is 9.20. The molecule has 0 aliphatic rings. The molecule has 0 atom stereocenters. The van der Waals surface area contributed by atoms with E-state index in [0.717, 1.165) is 17.7 Å². The molecule has 0 radical (unpaired) electrons. The zero-order valence-electron chi connectivity index (χ0n) is 10.8. The Morgan fingerprint density at radius 1 is 1.26 bits per heavy atom. The highest BCUT2D eigenvalue weighted by atomic mass is 32.1. The van der Waals surface area contributed by atoms with Gasteiger partial charge in [0.15, 0.2) is 0 Å². The van der Waals surface area contributed by atoms with Gasteiger partial charge in [-0.15, -0.1) is 0 Å². The second kappa shape index (κ2) is 6.29. The maximum Gasteiger partial charge on any atom is 0.123 e. The van der Waals surface area contributed by atoms with Gasteiger partial charge in [-0.2, -0.15) is 0 Å². The average molecular weight is 272 g/mol. The van der Waals surface area contributed by atoms with Gasteiger partial charge in [0.2, 0.25) is 0 Å². The van der Waals surface area contributed by atoms with Crippen molar-refractivity contribution in [1.29, 1.82) is 0 Å². The lowest BCUT2D eigenvalue weighted by atomic mass is 10.2. The Labute approximate surface area is 118 Å². The van der Waals surface area contributed by atoms with Gasteiger partial charge < -0.3 is 10.5 Å². The van der Waals surface area contributed by atoms with Crippen molar-refractivity contribution in [2.24, 2.45) is 5.73 Å². The number of pyridine rings is 1. The fourth-order valence-electron chi connectivity index (χ4n) is 1.76. The summed E-state index contributed by atoms with van der Waals surface area (Å²) in [7, 11) is 0. The smallest absolute Gasteiger partial charge is 0.123 e. The Hall–Kier alpha value is -1.94. The quantitative estimate of drug-likeness (QED) is 0.850. The molecule has 98 valence electrons. The van der Waals surface area contributed by atoms with Crippen molar-refractivity contribution in [3.8, 4) is 5.75 Å². The third kappa shape index (κ3) is 3.51. The van der Waals surface area contributed by atoms with E-state index in [1.54, 1.807) is 6.20 Å². The van der Waals surface area contributed by atoms with Crippen LogP contribution in [0.3, 0.4) is 0 Å². The molecule has 0 saturated carbocycles. The summed E-state index contributed by atoms with van der Waals surface area (Å²) < 4.78 is 5.73. The Kier molecular flexibility index (Phi) is 4.47. The molecule has 1 heterocycles. The molecule has 3 nitrogen and oxygen atoms in total. The van der Waals surface area contributed by atoms with Gasteiger partial charge in [-0.05, 0) is 30.2 Å². The van der Waals surface area contributed by atoms with Crippen molar-refractivity contribution < 1.29 is 4.74 Å². The summed E-state index contributed by atoms with van der Waals surface area (Å²) >= 11 is 4.97. The number of rotatable bonds is 5. The summed E-state index contributed by atoms with van der Waals surface area (Å²) in [5.41, 5.74) is 8.45. The second-order valence-corrected chi connectivity index (χ2v) is 4.60. The molecule has 4 heteroatoms. The van der Waals surface area contributed by atoms with Crippen molar-refractivity contribution >= 4 is 17.2 Å². The predicted molar refractivity (Wildman–Crippen MR) is 80.3 cm³/mol. The number of ether oxygens (including phenoxy) is 1. The Bertz CT molecular complexity index is 567. The van der Waals surface area contributed by atoms with Gasteiger partial charge in [0.1, 0.15) is 23.0 Å². The van der Waals surface area contributed by atoms with Crippen LogP contribution in [0.1, 0.15) is 23.7 Å². The lowest BCUT2D eigenvalue weighted by Gasteiger charge is -2.09. The number of benzene rings is 1. The van der Waals surface area contributed by atoms with E-state index in [9.17, 15) is 0 Å². The fourth-order valence-corrected chi connectivity index (χ4v) is 1.94. The highest BCUT2D eigenvalue weighted by Gasteiger charge is 2.06. The maximum atomic E-state index is 5.73. The van der Waals surface area contributed by atoms with E-state index in [2.05, 4.69) is 24.0 Å². The van der Waals surface area contributed by atoms with Gasteiger partial charge in [0.05, 0.1) is 0 Å². The van der Waals surface area contributed by atoms with Gasteiger partial charge in [-0.25, -0.2) is 0 Å². The predicted octanol–water partition coefficient (Wildman–Crippen LogP) is 2.86. The molecular formula is C15H16N2OS. The third-order valence-corrected chi connectivity index (χ3v) is 3.04. The summed E-state index contributed by atoms with van der Waals surface area (Å²) in [6.07, 6.45) is 2.70. The number of nitrogens with two attached hydrogens (primary N) is 1. The Morgan fingerprint density at radius 2 is 2.00 bits per heavy atom. The minimum Gasteiger partial charge on any atom is -0.489 e. The van der Waals surface area contributed by atoms with Crippen LogP contribution >= 0.6 is 12.2 Å². The van der Waals surface area contributed by atoms with Gasteiger partial charge in [0.25, 0.3) is 0 Å². The zero-order valence-corrected chi connectivity index (χ0v) is 11.6. The molecule has 0 unspecified atom stereocenters. The van der Waals surface area contributed by atoms with E-state index >= 15 is 0 Å². The highest BCUT2D eigenvalue weighted by Crippen LogP contribution is 2.15. The van der Waals surface area contributed by atoms with E-state index < -0.39 is 0 Å². The lowest BCUT2D eigenvalue weighted by molar-refractivity contribution is 0.305. The molecule has 1 aromatic heterocycles. The van der Waals surface area contributed by atoms with E-state index in [1.165, 1.54) is 5.56 Å². The number of aryl methyl sites for hydroxylation is 1. The molecule has 0 spiro atoms. The molecule has 0 fully saturated rings. The summed E-state index contributed by atoms with van der Waals surface area (Å²) in [6, 6.07) is 11.8. The number of nitrogens with zero attached hydrogens (tertiary/aromatic N) is 1. The molecule has 1 aromatic carbocycles. The average Bonchev–Trinajstić information content (AvgIpc) is 2.46. The zero-order chi connectivity index (χ0) is 13.7. The molecular weight excluding hydrogens is 256 g/mol. The molecule has 2 rings (SSSR count). The standard InChI is InChI=1S/C15H16N2OS/c1-2-11-5-7-13(8-6-11)18-10-12-4-3-9-17-14(12)15(16)19/h3-9H,2,10H2,1H3,(H2,16,19). The van der Waals surface area contributed by atoms with Crippen molar-refractivity contribution in [2.75, 3.05) is 0 Å². The van der Waals surface area contributed by atoms with E-state index in [0.29, 0.717) is 17.3 Å². The first-order valence-corrected chi connectivity index (χ1v) is 6.57. The minimum atomic E-state index is 0.292. The highest BCUT2D eigenvalue weighted by molar-refractivity contribution is 7.80. The monoisotopic (exact) mass is 272 g/mol. The molecule has 0 aliphatic heterocycles. The first kappa shape index (κ1) is 13.5. The SMILES string of the molecule is CCc1ccc(OCc2cccnc2C(N)=S)cc1. The van der Waals surface area contributed by atoms with Crippen LogP contribution in [0.2, 0.25) is 0 Å². The molecule has 2 N–H and O–H groups in total. The number of hydrogen-bond acceptors (Lipinski definition) is 3. The Balaban J connectivity index is 2.07. The van der Waals surface area contributed by atoms with Crippen LogP contribution in [-0.2, 0) is 13.0 Å². The number of hydrogen-bond donors (Lipinski definition) is 1. The van der Waals surface area contributed by atoms with Crippen LogP contribution in [0.5, 0.6) is 5.75 Å². The molecule has 2 aromatic rings. The third-order valence-electron chi connectivity index (χ3n) is 2.85. The lowest BCUT2D eigenvalue weighted by Crippen LogP contribution is -2.15. The molecule has 0 amide bonds. The summed E-state index contributed by atoms with van der Waals surface area (Å²) in [5.74, 6) is 0.829. The van der Waals surface area contributed by atoms with Crippen LogP contribution < -0.4 is 10.5 Å². The van der Waals surface area contributed by atoms with Crippen molar-refractivity contribution in [3.63, 3.8) is 0 Å². The largest absolute Gasteiger partial charge is 0.489 e. The maximum absolute atomic E-state index is 5.73. The van der Waals surface area contributed by atoms with Gasteiger partial charge >= 0.3 is 0 Å². The normalized spacial score (nSPS) is 10.2. The summed E-state index contributed by atoms with van der Waals surface area (Å²) in [4.78, 5) is 4.46. The van der Waals surface area contributed by atoms with E-state index in [4.69, 9.17) is 22.7 Å². The fraction of sp³-hybridized carbons (Fsp3) is 0.200. The topological polar surface area (TPSA) is 48.1 Å². The van der Waals surface area contributed by atoms with Gasteiger partial charge in [-0.3, -0.25) is 4.98 Å². The van der Waals surface area contributed by atoms with Crippen LogP contribution in [0, 0.1) is 0 Å². The summed E-state index contributed by atoms with van der Waals surface area (Å²) in [5, 5.41) is 0. The van der Waals surface area contributed by atoms with Crippen molar-refractivity contribution in [3.05, 3.63) is 59.4 Å². The minimum absolute atomic E-state index is 0.292.